The predicted molar refractivity (Wildman–Crippen MR) is 107 cm³/mol. The largest absolute Gasteiger partial charge is 0.534 e. The summed E-state index contributed by atoms with van der Waals surface area (Å²) < 4.78 is 72.0. The van der Waals surface area contributed by atoms with E-state index < -0.39 is 21.0 Å². The predicted octanol–water partition coefficient (Wildman–Crippen LogP) is 5.32. The molecule has 7 atom stereocenters. The second-order valence-electron chi connectivity index (χ2n) is 10.4. The highest BCUT2D eigenvalue weighted by molar-refractivity contribution is 7.87. The van der Waals surface area contributed by atoms with Crippen molar-refractivity contribution >= 4 is 16.1 Å². The van der Waals surface area contributed by atoms with E-state index in [0.29, 0.717) is 30.6 Å². The molecule has 0 heterocycles. The van der Waals surface area contributed by atoms with Gasteiger partial charge in [0.15, 0.2) is 0 Å². The van der Waals surface area contributed by atoms with Crippen molar-refractivity contribution < 1.29 is 35.3 Å². The number of ether oxygens (including phenoxy) is 1. The lowest BCUT2D eigenvalue weighted by molar-refractivity contribution is -0.159. The van der Waals surface area contributed by atoms with Gasteiger partial charge in [-0.25, -0.2) is 0 Å². The van der Waals surface area contributed by atoms with Crippen LogP contribution < -0.4 is 0 Å². The van der Waals surface area contributed by atoms with Gasteiger partial charge in [-0.15, -0.1) is 0 Å². The molecule has 0 N–H and O–H groups in total. The Morgan fingerprint density at radius 2 is 1.81 bits per heavy atom. The molecule has 176 valence electrons. The van der Waals surface area contributed by atoms with Crippen molar-refractivity contribution in [2.75, 3.05) is 0 Å². The molecule has 0 aromatic carbocycles. The van der Waals surface area contributed by atoms with Gasteiger partial charge in [0.1, 0.15) is 11.9 Å². The molecule has 0 aromatic heterocycles. The van der Waals surface area contributed by atoms with Gasteiger partial charge < -0.3 is 8.92 Å². The average molecular weight is 465 g/mol. The molecule has 9 heteroatoms. The zero-order valence-electron chi connectivity index (χ0n) is 18.2. The lowest BCUT2D eigenvalue weighted by atomic mass is 9.45. The zero-order chi connectivity index (χ0) is 22.8. The fourth-order valence-corrected chi connectivity index (χ4v) is 7.97. The lowest BCUT2D eigenvalue weighted by Crippen LogP contribution is -2.54. The van der Waals surface area contributed by atoms with Crippen molar-refractivity contribution in [1.29, 1.82) is 0 Å². The standard InChI is InChI=1S/C22H31F3O5S/c1-13(26)29-15-8-10-20(2)14(12-15)4-5-16-17-6-7-19(21(17,3)11-9-18(16)20)30-31(27,28)22(23,24)25/h7,14-18H,4-6,8-12H2,1-3H3/t14?,15?,16-,17-,18+,20-,21-/m0/s1. The summed E-state index contributed by atoms with van der Waals surface area (Å²) in [5.41, 5.74) is -5.99. The molecule has 3 saturated carbocycles. The van der Waals surface area contributed by atoms with Crippen LogP contribution in [-0.2, 0) is 23.8 Å². The maximum atomic E-state index is 12.9. The number of carbonyl (C=O) groups is 1. The topological polar surface area (TPSA) is 69.7 Å². The Kier molecular flexibility index (Phi) is 5.46. The number of fused-ring (bicyclic) bond motifs is 5. The van der Waals surface area contributed by atoms with E-state index in [0.717, 1.165) is 38.5 Å². The molecule has 5 nitrogen and oxygen atoms in total. The summed E-state index contributed by atoms with van der Waals surface area (Å²) in [6, 6.07) is 0. The quantitative estimate of drug-likeness (QED) is 0.321. The van der Waals surface area contributed by atoms with Crippen LogP contribution >= 0.6 is 0 Å². The molecule has 2 unspecified atom stereocenters. The highest BCUT2D eigenvalue weighted by Crippen LogP contribution is 2.66. The number of allylic oxidation sites excluding steroid dienone is 2. The molecule has 3 fully saturated rings. The maximum absolute atomic E-state index is 12.9. The molecule has 4 aliphatic carbocycles. The minimum atomic E-state index is -5.66. The van der Waals surface area contributed by atoms with Crippen LogP contribution in [0.5, 0.6) is 0 Å². The van der Waals surface area contributed by atoms with Gasteiger partial charge in [0.2, 0.25) is 0 Å². The van der Waals surface area contributed by atoms with Crippen LogP contribution in [0.2, 0.25) is 0 Å². The van der Waals surface area contributed by atoms with Crippen molar-refractivity contribution in [3.63, 3.8) is 0 Å². The summed E-state index contributed by atoms with van der Waals surface area (Å²) in [6.07, 6.45) is 8.21. The number of hydrogen-bond donors (Lipinski definition) is 0. The van der Waals surface area contributed by atoms with E-state index in [4.69, 9.17) is 4.74 Å². The van der Waals surface area contributed by atoms with Crippen molar-refractivity contribution in [3.05, 3.63) is 11.8 Å². The van der Waals surface area contributed by atoms with Crippen LogP contribution in [0.3, 0.4) is 0 Å². The van der Waals surface area contributed by atoms with Crippen LogP contribution in [-0.4, -0.2) is 26.0 Å². The van der Waals surface area contributed by atoms with Gasteiger partial charge in [-0.3, -0.25) is 4.79 Å². The molecule has 0 bridgehead atoms. The lowest BCUT2D eigenvalue weighted by Gasteiger charge is -2.60. The Morgan fingerprint density at radius 1 is 1.10 bits per heavy atom. The van der Waals surface area contributed by atoms with Crippen molar-refractivity contribution in [3.8, 4) is 0 Å². The van der Waals surface area contributed by atoms with E-state index in [9.17, 15) is 26.4 Å². The first-order valence-electron chi connectivity index (χ1n) is 11.2. The Labute approximate surface area is 181 Å². The third-order valence-electron chi connectivity index (χ3n) is 8.94. The Morgan fingerprint density at radius 3 is 2.45 bits per heavy atom. The fraction of sp³-hybridized carbons (Fsp3) is 0.864. The molecular weight excluding hydrogens is 433 g/mol. The number of rotatable bonds is 3. The van der Waals surface area contributed by atoms with E-state index in [1.165, 1.54) is 6.92 Å². The maximum Gasteiger partial charge on any atom is 0.534 e. The first-order chi connectivity index (χ1) is 14.3. The van der Waals surface area contributed by atoms with Crippen LogP contribution in [0.15, 0.2) is 11.8 Å². The molecule has 0 saturated heterocycles. The van der Waals surface area contributed by atoms with Gasteiger partial charge in [-0.2, -0.15) is 21.6 Å². The van der Waals surface area contributed by atoms with E-state index in [-0.39, 0.29) is 29.2 Å². The Hall–Kier alpha value is -1.25. The molecule has 4 rings (SSSR count). The molecule has 0 radical (unpaired) electrons. The second-order valence-corrected chi connectivity index (χ2v) is 11.9. The molecule has 0 amide bonds. The van der Waals surface area contributed by atoms with E-state index in [2.05, 4.69) is 11.1 Å². The Bertz CT molecular complexity index is 882. The number of carbonyl (C=O) groups excluding carboxylic acids is 1. The summed E-state index contributed by atoms with van der Waals surface area (Å²) in [5, 5.41) is 0. The summed E-state index contributed by atoms with van der Waals surface area (Å²) in [4.78, 5) is 11.4. The first-order valence-corrected chi connectivity index (χ1v) is 12.6. The van der Waals surface area contributed by atoms with Crippen molar-refractivity contribution in [2.45, 2.75) is 83.8 Å². The number of esters is 1. The van der Waals surface area contributed by atoms with E-state index in [1.54, 1.807) is 6.08 Å². The first kappa shape index (κ1) is 22.9. The molecule has 31 heavy (non-hydrogen) atoms. The van der Waals surface area contributed by atoms with Crippen molar-refractivity contribution in [2.24, 2.45) is 34.5 Å². The molecular formula is C22H31F3O5S. The van der Waals surface area contributed by atoms with Crippen LogP contribution in [0.4, 0.5) is 13.2 Å². The van der Waals surface area contributed by atoms with Gasteiger partial charge in [0, 0.05) is 12.3 Å². The van der Waals surface area contributed by atoms with Crippen molar-refractivity contribution in [1.82, 2.24) is 0 Å². The highest BCUT2D eigenvalue weighted by atomic mass is 32.2. The van der Waals surface area contributed by atoms with Gasteiger partial charge in [-0.05, 0) is 86.5 Å². The Balaban J connectivity index is 1.51. The minimum absolute atomic E-state index is 0.0262. The van der Waals surface area contributed by atoms with Gasteiger partial charge in [-0.1, -0.05) is 13.8 Å². The summed E-state index contributed by atoms with van der Waals surface area (Å²) in [6.45, 7) is 5.64. The number of alkyl halides is 3. The summed E-state index contributed by atoms with van der Waals surface area (Å²) in [5.74, 6) is 1.06. The normalized spacial score (nSPS) is 42.6. The molecule has 4 aliphatic rings. The molecule has 0 aromatic rings. The van der Waals surface area contributed by atoms with E-state index >= 15 is 0 Å². The van der Waals surface area contributed by atoms with Gasteiger partial charge in [0.25, 0.3) is 0 Å². The fourth-order valence-electron chi connectivity index (χ4n) is 7.38. The zero-order valence-corrected chi connectivity index (χ0v) is 19.0. The highest BCUT2D eigenvalue weighted by Gasteiger charge is 2.61. The van der Waals surface area contributed by atoms with E-state index in [1.807, 2.05) is 6.92 Å². The van der Waals surface area contributed by atoms with Gasteiger partial charge >= 0.3 is 21.6 Å². The average Bonchev–Trinajstić information content (AvgIpc) is 2.96. The third kappa shape index (κ3) is 3.68. The minimum Gasteiger partial charge on any atom is -0.463 e. The molecule has 0 spiro atoms. The summed E-state index contributed by atoms with van der Waals surface area (Å²) >= 11 is 0. The van der Waals surface area contributed by atoms with Crippen LogP contribution in [0.1, 0.15) is 72.1 Å². The van der Waals surface area contributed by atoms with Crippen LogP contribution in [0.25, 0.3) is 0 Å². The monoisotopic (exact) mass is 464 g/mol. The SMILES string of the molecule is CC(=O)OC1CC[C@@]2(C)C(CC[C@@H]3[C@H]2CC[C@]2(C)C(OS(=O)(=O)C(F)(F)F)=CC[C@@H]32)C1. The number of halogens is 3. The van der Waals surface area contributed by atoms with Gasteiger partial charge in [0.05, 0.1) is 0 Å². The summed E-state index contributed by atoms with van der Waals surface area (Å²) in [7, 11) is -5.66. The second kappa shape index (κ2) is 7.39. The number of hydrogen-bond acceptors (Lipinski definition) is 5. The third-order valence-corrected chi connectivity index (χ3v) is 9.91. The molecule has 0 aliphatic heterocycles. The smallest absolute Gasteiger partial charge is 0.463 e. The van der Waals surface area contributed by atoms with Crippen LogP contribution in [0, 0.1) is 34.5 Å².